The number of hydrogen-bond donors (Lipinski definition) is 1. The zero-order valence-corrected chi connectivity index (χ0v) is 6.29. The fourth-order valence-electron chi connectivity index (χ4n) is 0.159. The zero-order chi connectivity index (χ0) is 7.49. The molecule has 6 heteroatoms. The number of hydrogen-bond acceptors (Lipinski definition) is 4. The molecule has 0 spiro atoms. The van der Waals surface area contributed by atoms with Gasteiger partial charge >= 0.3 is 0 Å². The molecule has 0 atom stereocenters. The summed E-state index contributed by atoms with van der Waals surface area (Å²) < 4.78 is 24.4. The fraction of sp³-hybridized carbons (Fsp3) is 0.667. The Bertz CT molecular complexity index is 197. The summed E-state index contributed by atoms with van der Waals surface area (Å²) >= 11 is 4.98. The predicted molar refractivity (Wildman–Crippen MR) is 34.4 cm³/mol. The highest BCUT2D eigenvalue weighted by atomic mass is 35.5. The quantitative estimate of drug-likeness (QED) is 0.487. The van der Waals surface area contributed by atoms with E-state index >= 15 is 0 Å². The van der Waals surface area contributed by atoms with E-state index in [1.54, 1.807) is 0 Å². The van der Waals surface area contributed by atoms with E-state index in [2.05, 4.69) is 4.18 Å². The molecule has 0 heterocycles. The van der Waals surface area contributed by atoms with Gasteiger partial charge in [0.2, 0.25) is 0 Å². The van der Waals surface area contributed by atoms with Gasteiger partial charge in [-0.3, -0.25) is 9.59 Å². The molecule has 0 saturated heterocycles. The third-order valence-electron chi connectivity index (χ3n) is 0.400. The molecule has 4 nitrogen and oxygen atoms in total. The average molecular weight is 172 g/mol. The second-order valence-corrected chi connectivity index (χ2v) is 3.47. The molecule has 0 radical (unpaired) electrons. The van der Waals surface area contributed by atoms with Crippen LogP contribution in [0.3, 0.4) is 0 Å². The first kappa shape index (κ1) is 8.87. The van der Waals surface area contributed by atoms with Crippen LogP contribution in [0.5, 0.6) is 0 Å². The molecular formula is C3H6ClNO3S. The monoisotopic (exact) mass is 171 g/mol. The first-order valence-electron chi connectivity index (χ1n) is 1.99. The second-order valence-electron chi connectivity index (χ2n) is 1.37. The molecule has 0 aliphatic rings. The molecule has 1 N–H and O–H groups in total. The largest absolute Gasteiger partial charge is 0.291 e. The second kappa shape index (κ2) is 3.14. The summed E-state index contributed by atoms with van der Waals surface area (Å²) in [6, 6.07) is 0. The van der Waals surface area contributed by atoms with Crippen molar-refractivity contribution in [1.29, 1.82) is 5.41 Å². The van der Waals surface area contributed by atoms with E-state index < -0.39 is 10.1 Å². The lowest BCUT2D eigenvalue weighted by atomic mass is 10.8. The van der Waals surface area contributed by atoms with Gasteiger partial charge in [0, 0.05) is 0 Å². The maximum atomic E-state index is 10.2. The van der Waals surface area contributed by atoms with E-state index in [9.17, 15) is 8.42 Å². The third kappa shape index (κ3) is 7.87. The van der Waals surface area contributed by atoms with Gasteiger partial charge in [0.05, 0.1) is 6.26 Å². The molecule has 0 unspecified atom stereocenters. The third-order valence-corrected chi connectivity index (χ3v) is 1.05. The van der Waals surface area contributed by atoms with E-state index in [1.165, 1.54) is 0 Å². The minimum absolute atomic E-state index is 0.333. The van der Waals surface area contributed by atoms with E-state index in [0.29, 0.717) is 0 Å². The van der Waals surface area contributed by atoms with Crippen LogP contribution >= 0.6 is 11.6 Å². The van der Waals surface area contributed by atoms with Crippen molar-refractivity contribution in [3.05, 3.63) is 0 Å². The topological polar surface area (TPSA) is 67.2 Å². The van der Waals surface area contributed by atoms with Crippen molar-refractivity contribution in [3.63, 3.8) is 0 Å². The molecule has 0 saturated carbocycles. The Morgan fingerprint density at radius 3 is 2.33 bits per heavy atom. The van der Waals surface area contributed by atoms with E-state index in [1.807, 2.05) is 0 Å². The normalized spacial score (nSPS) is 11.3. The summed E-state index contributed by atoms with van der Waals surface area (Å²) in [7, 11) is -3.44. The maximum Gasteiger partial charge on any atom is 0.264 e. The molecule has 0 bridgehead atoms. The summed E-state index contributed by atoms with van der Waals surface area (Å²) in [4.78, 5) is 0. The minimum Gasteiger partial charge on any atom is -0.291 e. The van der Waals surface area contributed by atoms with Gasteiger partial charge in [-0.2, -0.15) is 8.42 Å². The van der Waals surface area contributed by atoms with Crippen molar-refractivity contribution in [2.45, 2.75) is 0 Å². The highest BCUT2D eigenvalue weighted by Gasteiger charge is 2.01. The van der Waals surface area contributed by atoms with Crippen LogP contribution in [-0.4, -0.2) is 26.5 Å². The first-order chi connectivity index (χ1) is 3.92. The van der Waals surface area contributed by atoms with Gasteiger partial charge in [0.15, 0.2) is 0 Å². The highest BCUT2D eigenvalue weighted by molar-refractivity contribution is 7.86. The zero-order valence-electron chi connectivity index (χ0n) is 4.72. The molecule has 0 aliphatic carbocycles. The van der Waals surface area contributed by atoms with Gasteiger partial charge in [0.25, 0.3) is 10.1 Å². The van der Waals surface area contributed by atoms with Crippen LogP contribution in [0.1, 0.15) is 0 Å². The molecule has 0 rings (SSSR count). The van der Waals surface area contributed by atoms with E-state index in [4.69, 9.17) is 17.0 Å². The summed E-state index contributed by atoms with van der Waals surface area (Å²) in [5, 5.41) is 6.22. The number of nitrogens with one attached hydrogen (secondary N) is 1. The van der Waals surface area contributed by atoms with Crippen LogP contribution in [0, 0.1) is 5.41 Å². The van der Waals surface area contributed by atoms with Gasteiger partial charge < -0.3 is 0 Å². The average Bonchev–Trinajstić information content (AvgIpc) is 1.59. The Morgan fingerprint density at radius 2 is 2.22 bits per heavy atom. The SMILES string of the molecule is CS(=O)(=O)OCC(=N)Cl. The molecule has 0 aromatic heterocycles. The summed E-state index contributed by atoms with van der Waals surface area (Å²) in [6.45, 7) is -0.375. The first-order valence-corrected chi connectivity index (χ1v) is 4.18. The molecule has 0 fully saturated rings. The van der Waals surface area contributed by atoms with Gasteiger partial charge in [-0.1, -0.05) is 11.6 Å². The molecule has 54 valence electrons. The van der Waals surface area contributed by atoms with Crippen LogP contribution in [0.25, 0.3) is 0 Å². The molecule has 0 aromatic carbocycles. The molecular weight excluding hydrogens is 166 g/mol. The smallest absolute Gasteiger partial charge is 0.264 e. The standard InChI is InChI=1S/C3H6ClNO3S/c1-9(6,7)8-2-3(4)5/h5H,2H2,1H3. The van der Waals surface area contributed by atoms with Gasteiger partial charge in [-0.25, -0.2) is 0 Å². The van der Waals surface area contributed by atoms with Crippen LogP contribution in [0.15, 0.2) is 0 Å². The van der Waals surface area contributed by atoms with Crippen molar-refractivity contribution in [2.24, 2.45) is 0 Å². The fourth-order valence-corrected chi connectivity index (χ4v) is 0.610. The lowest BCUT2D eigenvalue weighted by molar-refractivity contribution is 0.374. The predicted octanol–water partition coefficient (Wildman–Crippen LogP) is 0.179. The van der Waals surface area contributed by atoms with Crippen molar-refractivity contribution in [1.82, 2.24) is 0 Å². The Labute approximate surface area is 58.4 Å². The molecule has 0 aliphatic heterocycles. The Balaban J connectivity index is 3.67. The van der Waals surface area contributed by atoms with E-state index in [0.717, 1.165) is 6.26 Å². The van der Waals surface area contributed by atoms with Crippen LogP contribution in [-0.2, 0) is 14.3 Å². The van der Waals surface area contributed by atoms with Crippen molar-refractivity contribution in [3.8, 4) is 0 Å². The molecule has 0 aromatic rings. The summed E-state index contributed by atoms with van der Waals surface area (Å²) in [5.74, 6) is 0. The number of rotatable bonds is 3. The van der Waals surface area contributed by atoms with E-state index in [-0.39, 0.29) is 11.8 Å². The lowest BCUT2D eigenvalue weighted by Gasteiger charge is -1.94. The van der Waals surface area contributed by atoms with Gasteiger partial charge in [0.1, 0.15) is 11.8 Å². The maximum absolute atomic E-state index is 10.2. The molecule has 0 amide bonds. The van der Waals surface area contributed by atoms with Crippen LogP contribution < -0.4 is 0 Å². The van der Waals surface area contributed by atoms with Crippen molar-refractivity contribution >= 4 is 26.9 Å². The lowest BCUT2D eigenvalue weighted by Crippen LogP contribution is -2.07. The van der Waals surface area contributed by atoms with Gasteiger partial charge in [-0.05, 0) is 0 Å². The van der Waals surface area contributed by atoms with Crippen molar-refractivity contribution < 1.29 is 12.6 Å². The van der Waals surface area contributed by atoms with Crippen molar-refractivity contribution in [2.75, 3.05) is 12.9 Å². The minimum atomic E-state index is -3.44. The van der Waals surface area contributed by atoms with Crippen LogP contribution in [0.4, 0.5) is 0 Å². The Morgan fingerprint density at radius 1 is 1.78 bits per heavy atom. The Hall–Kier alpha value is -0.130. The summed E-state index contributed by atoms with van der Waals surface area (Å²) in [5.41, 5.74) is 0. The molecule has 9 heavy (non-hydrogen) atoms. The van der Waals surface area contributed by atoms with Crippen LogP contribution in [0.2, 0.25) is 0 Å². The Kier molecular flexibility index (Phi) is 3.10. The summed E-state index contributed by atoms with van der Waals surface area (Å²) in [6.07, 6.45) is 0.896. The number of halogens is 1. The van der Waals surface area contributed by atoms with Gasteiger partial charge in [-0.15, -0.1) is 0 Å². The highest BCUT2D eigenvalue weighted by Crippen LogP contribution is 1.88.